The van der Waals surface area contributed by atoms with Crippen molar-refractivity contribution in [3.05, 3.63) is 107 Å². The minimum atomic E-state index is -4.58. The summed E-state index contributed by atoms with van der Waals surface area (Å²) in [6.45, 7) is 1.46. The van der Waals surface area contributed by atoms with E-state index in [2.05, 4.69) is 19.9 Å². The molecular formula is C37H35BrF5N5O5. The van der Waals surface area contributed by atoms with Crippen molar-refractivity contribution in [2.75, 3.05) is 32.1 Å². The van der Waals surface area contributed by atoms with E-state index in [0.29, 0.717) is 37.6 Å². The molecule has 1 N–H and O–H groups in total. The number of piperazine rings is 1. The number of ether oxygens (including phenoxy) is 3. The number of hydrogen-bond acceptors (Lipinski definition) is 7. The van der Waals surface area contributed by atoms with Gasteiger partial charge in [0.05, 0.1) is 35.6 Å². The normalized spacial score (nSPS) is 14.9. The first-order valence-electron chi connectivity index (χ1n) is 16.2. The fourth-order valence-electron chi connectivity index (χ4n) is 6.05. The van der Waals surface area contributed by atoms with Gasteiger partial charge in [-0.2, -0.15) is 22.0 Å². The van der Waals surface area contributed by atoms with Gasteiger partial charge in [-0.1, -0.05) is 12.1 Å². The summed E-state index contributed by atoms with van der Waals surface area (Å²) in [5, 5.41) is 3.43. The number of carbonyl (C=O) groups is 2. The van der Waals surface area contributed by atoms with Crippen LogP contribution < -0.4 is 19.5 Å². The van der Waals surface area contributed by atoms with Crippen molar-refractivity contribution in [3.63, 3.8) is 0 Å². The number of amides is 2. The molecule has 5 aromatic rings. The maximum atomic E-state index is 13.7. The molecule has 0 saturated carbocycles. The van der Waals surface area contributed by atoms with Crippen molar-refractivity contribution in [1.29, 1.82) is 0 Å². The Morgan fingerprint density at radius 3 is 2.34 bits per heavy atom. The van der Waals surface area contributed by atoms with Gasteiger partial charge in [0.1, 0.15) is 22.9 Å². The van der Waals surface area contributed by atoms with Crippen LogP contribution in [-0.2, 0) is 19.8 Å². The van der Waals surface area contributed by atoms with Gasteiger partial charge in [0.2, 0.25) is 5.88 Å². The van der Waals surface area contributed by atoms with E-state index in [1.165, 1.54) is 37.6 Å². The number of pyridine rings is 1. The average Bonchev–Trinajstić information content (AvgIpc) is 3.44. The van der Waals surface area contributed by atoms with Crippen molar-refractivity contribution in [2.24, 2.45) is 7.05 Å². The van der Waals surface area contributed by atoms with E-state index < -0.39 is 24.3 Å². The molecule has 53 heavy (non-hydrogen) atoms. The average molecular weight is 805 g/mol. The second-order valence-corrected chi connectivity index (χ2v) is 12.3. The van der Waals surface area contributed by atoms with E-state index >= 15 is 0 Å². The molecule has 1 fully saturated rings. The Bertz CT molecular complexity index is 2080. The topological polar surface area (TPSA) is 98.2 Å². The van der Waals surface area contributed by atoms with Crippen LogP contribution in [0.4, 0.5) is 27.6 Å². The van der Waals surface area contributed by atoms with Crippen LogP contribution in [0.1, 0.15) is 38.9 Å². The molecule has 0 radical (unpaired) electrons. The van der Waals surface area contributed by atoms with E-state index in [1.54, 1.807) is 24.3 Å². The smallest absolute Gasteiger partial charge is 0.416 e. The molecule has 1 saturated heterocycles. The van der Waals surface area contributed by atoms with Gasteiger partial charge >= 0.3 is 12.8 Å². The number of nitrogens with one attached hydrogen (secondary N) is 1. The largest absolute Gasteiger partial charge is 0.496 e. The van der Waals surface area contributed by atoms with Crippen LogP contribution in [0.2, 0.25) is 0 Å². The molecular weight excluding hydrogens is 769 g/mol. The lowest BCUT2D eigenvalue weighted by Crippen LogP contribution is -2.53. The highest BCUT2D eigenvalue weighted by Crippen LogP contribution is 2.34. The molecule has 6 rings (SSSR count). The van der Waals surface area contributed by atoms with E-state index in [0.717, 1.165) is 34.7 Å². The number of rotatable bonds is 10. The number of nitrogens with zero attached hydrogens (tertiary/aromatic N) is 4. The summed E-state index contributed by atoms with van der Waals surface area (Å²) in [6, 6.07) is 19.5. The van der Waals surface area contributed by atoms with E-state index in [-0.39, 0.29) is 57.6 Å². The number of alkyl halides is 5. The van der Waals surface area contributed by atoms with Crippen molar-refractivity contribution in [1.82, 2.24) is 19.4 Å². The zero-order valence-corrected chi connectivity index (χ0v) is 30.4. The highest BCUT2D eigenvalue weighted by atomic mass is 79.9. The predicted molar refractivity (Wildman–Crippen MR) is 192 cm³/mol. The third-order valence-electron chi connectivity index (χ3n) is 8.81. The minimum Gasteiger partial charge on any atom is -0.496 e. The quantitative estimate of drug-likeness (QED) is 0.142. The lowest BCUT2D eigenvalue weighted by Gasteiger charge is -2.40. The first-order chi connectivity index (χ1) is 24.8. The van der Waals surface area contributed by atoms with Crippen LogP contribution >= 0.6 is 17.0 Å². The van der Waals surface area contributed by atoms with Crippen LogP contribution in [0, 0.1) is 0 Å². The Balaban J connectivity index is 0.00000541. The molecule has 0 spiro atoms. The van der Waals surface area contributed by atoms with Crippen molar-refractivity contribution in [3.8, 4) is 23.1 Å². The summed E-state index contributed by atoms with van der Waals surface area (Å²) in [6.07, 6.45) is -3.23. The van der Waals surface area contributed by atoms with Crippen LogP contribution in [0.15, 0.2) is 85.1 Å². The zero-order valence-electron chi connectivity index (χ0n) is 28.7. The Labute approximate surface area is 311 Å². The summed E-state index contributed by atoms with van der Waals surface area (Å²) in [5.41, 5.74) is 1.51. The van der Waals surface area contributed by atoms with E-state index in [1.807, 2.05) is 35.6 Å². The Morgan fingerprint density at radius 2 is 1.70 bits per heavy atom. The third kappa shape index (κ3) is 9.06. The molecule has 2 amide bonds. The molecule has 280 valence electrons. The number of carbonyl (C=O) groups excluding carboxylic acids is 2. The molecule has 10 nitrogen and oxygen atoms in total. The number of aryl methyl sites for hydroxylation is 1. The lowest BCUT2D eigenvalue weighted by molar-refractivity contribution is -0.137. The summed E-state index contributed by atoms with van der Waals surface area (Å²) >= 11 is 0. The number of aromatic nitrogens is 2. The molecule has 1 aliphatic heterocycles. The number of methoxy groups -OCH3 is 1. The van der Waals surface area contributed by atoms with Crippen molar-refractivity contribution >= 4 is 45.4 Å². The number of halogens is 6. The minimum absolute atomic E-state index is 0. The van der Waals surface area contributed by atoms with Gasteiger partial charge in [-0.05, 0) is 67.1 Å². The van der Waals surface area contributed by atoms with Crippen LogP contribution in [-0.4, -0.2) is 70.6 Å². The monoisotopic (exact) mass is 803 g/mol. The first-order valence-corrected chi connectivity index (χ1v) is 16.2. The molecule has 0 bridgehead atoms. The summed E-state index contributed by atoms with van der Waals surface area (Å²) in [4.78, 5) is 34.8. The van der Waals surface area contributed by atoms with Gasteiger partial charge < -0.3 is 29.0 Å². The molecule has 0 aliphatic carbocycles. The fourth-order valence-corrected chi connectivity index (χ4v) is 6.05. The van der Waals surface area contributed by atoms with Gasteiger partial charge in [-0.3, -0.25) is 14.5 Å². The summed E-state index contributed by atoms with van der Waals surface area (Å²) in [5.74, 6) is -0.211. The lowest BCUT2D eigenvalue weighted by atomic mass is 10.1. The second kappa shape index (κ2) is 16.2. The van der Waals surface area contributed by atoms with Crippen molar-refractivity contribution in [2.45, 2.75) is 32.3 Å². The molecule has 1 aliphatic rings. The van der Waals surface area contributed by atoms with Crippen LogP contribution in [0.25, 0.3) is 10.9 Å². The molecule has 1 unspecified atom stereocenters. The molecule has 2 aromatic heterocycles. The molecule has 3 heterocycles. The fraction of sp³-hybridized carbons (Fsp3) is 0.270. The van der Waals surface area contributed by atoms with Crippen LogP contribution in [0.3, 0.4) is 0 Å². The molecule has 3 aromatic carbocycles. The number of hydrogen-bond donors (Lipinski definition) is 1. The maximum absolute atomic E-state index is 13.7. The van der Waals surface area contributed by atoms with Crippen molar-refractivity contribution < 1.29 is 45.8 Å². The van der Waals surface area contributed by atoms with Gasteiger partial charge in [-0.15, -0.1) is 17.0 Å². The first kappa shape index (κ1) is 39.0. The maximum Gasteiger partial charge on any atom is 0.416 e. The highest BCUT2D eigenvalue weighted by Gasteiger charge is 2.32. The predicted octanol–water partition coefficient (Wildman–Crippen LogP) is 8.17. The van der Waals surface area contributed by atoms with Gasteiger partial charge in [0.25, 0.3) is 11.8 Å². The van der Waals surface area contributed by atoms with Gasteiger partial charge in [0.15, 0.2) is 0 Å². The number of fused-ring (bicyclic) bond motifs is 1. The zero-order chi connectivity index (χ0) is 37.2. The number of anilines is 1. The SMILES string of the molecule is Br.COc1cc(C(F)(F)F)ccc1C(=O)Nc1ccc(Oc2ccc3cc(C(=O)N4CCN(Cc5ccc(OC(F)F)cc5)C(C)C4)n(C)c3c2)nc1. The Kier molecular flexibility index (Phi) is 11.9. The van der Waals surface area contributed by atoms with E-state index in [9.17, 15) is 31.5 Å². The highest BCUT2D eigenvalue weighted by molar-refractivity contribution is 8.93. The van der Waals surface area contributed by atoms with Gasteiger partial charge in [-0.25, -0.2) is 4.98 Å². The Hall–Kier alpha value is -5.22. The number of benzene rings is 3. The Morgan fingerprint density at radius 1 is 0.962 bits per heavy atom. The molecule has 16 heteroatoms. The molecule has 1 atom stereocenters. The standard InChI is InChI=1S/C37H34F5N5O5.BrH/c1-22-20-47(15-14-46(22)21-23-4-9-27(10-5-23)52-36(38)39)35(49)31-16-24-6-11-28(18-30(24)45(31)2)51-33-13-8-26(19-43-33)44-34(48)29-12-7-25(37(40,41)42)17-32(29)50-3;/h4-13,16-19,22,36H,14-15,20-21H2,1-3H3,(H,44,48);1H. The van der Waals surface area contributed by atoms with E-state index in [4.69, 9.17) is 9.47 Å². The van der Waals surface area contributed by atoms with Gasteiger partial charge in [0, 0.05) is 56.8 Å². The summed E-state index contributed by atoms with van der Waals surface area (Å²) < 4.78 is 81.4. The summed E-state index contributed by atoms with van der Waals surface area (Å²) in [7, 11) is 2.99. The second-order valence-electron chi connectivity index (χ2n) is 12.3. The third-order valence-corrected chi connectivity index (χ3v) is 8.81. The van der Waals surface area contributed by atoms with Crippen LogP contribution in [0.5, 0.6) is 23.1 Å².